The predicted octanol–water partition coefficient (Wildman–Crippen LogP) is 2.60. The molecule has 0 atom stereocenters. The molecule has 3 nitrogen and oxygen atoms in total. The molecule has 1 heterocycles. The first-order valence-corrected chi connectivity index (χ1v) is 6.13. The topological polar surface area (TPSA) is 44.1 Å². The van der Waals surface area contributed by atoms with Gasteiger partial charge in [0.1, 0.15) is 0 Å². The Kier molecular flexibility index (Phi) is 4.51. The predicted molar refractivity (Wildman–Crippen MR) is 65.6 cm³/mol. The summed E-state index contributed by atoms with van der Waals surface area (Å²) in [7, 11) is 1.74. The highest BCUT2D eigenvalue weighted by molar-refractivity contribution is 7.14. The standard InChI is InChI=1S/C12H16N2OS/c1-4-10-8-11(16-9(10)2)12(15)14(3)7-5-6-13/h8H,4-5,7H2,1-3H3. The molecule has 1 amide bonds. The first-order chi connectivity index (χ1) is 7.60. The largest absolute Gasteiger partial charge is 0.340 e. The van der Waals surface area contributed by atoms with Crippen molar-refractivity contribution in [2.45, 2.75) is 26.7 Å². The Balaban J connectivity index is 2.76. The fraction of sp³-hybridized carbons (Fsp3) is 0.500. The van der Waals surface area contributed by atoms with Crippen LogP contribution in [0.5, 0.6) is 0 Å². The molecule has 0 aliphatic heterocycles. The highest BCUT2D eigenvalue weighted by atomic mass is 32.1. The third-order valence-electron chi connectivity index (χ3n) is 2.52. The van der Waals surface area contributed by atoms with Crippen LogP contribution in [0.2, 0.25) is 0 Å². The van der Waals surface area contributed by atoms with E-state index in [1.54, 1.807) is 11.9 Å². The molecule has 1 rings (SSSR count). The molecule has 0 aromatic carbocycles. The summed E-state index contributed by atoms with van der Waals surface area (Å²) in [4.78, 5) is 15.5. The van der Waals surface area contributed by atoms with Gasteiger partial charge in [-0.25, -0.2) is 0 Å². The van der Waals surface area contributed by atoms with Crippen molar-refractivity contribution in [2.24, 2.45) is 0 Å². The maximum absolute atomic E-state index is 12.0. The zero-order valence-corrected chi connectivity index (χ0v) is 10.7. The lowest BCUT2D eigenvalue weighted by atomic mass is 10.2. The van der Waals surface area contributed by atoms with Gasteiger partial charge in [0.2, 0.25) is 0 Å². The monoisotopic (exact) mass is 236 g/mol. The molecular weight excluding hydrogens is 220 g/mol. The normalized spacial score (nSPS) is 9.88. The fourth-order valence-corrected chi connectivity index (χ4v) is 2.59. The van der Waals surface area contributed by atoms with Crippen molar-refractivity contribution in [2.75, 3.05) is 13.6 Å². The summed E-state index contributed by atoms with van der Waals surface area (Å²) < 4.78 is 0. The smallest absolute Gasteiger partial charge is 0.263 e. The molecule has 1 aromatic rings. The van der Waals surface area contributed by atoms with Crippen LogP contribution >= 0.6 is 11.3 Å². The van der Waals surface area contributed by atoms with Gasteiger partial charge in [0.25, 0.3) is 5.91 Å². The molecule has 4 heteroatoms. The Bertz CT molecular complexity index is 417. The summed E-state index contributed by atoms with van der Waals surface area (Å²) in [5, 5.41) is 8.47. The zero-order chi connectivity index (χ0) is 12.1. The van der Waals surface area contributed by atoms with Crippen LogP contribution in [-0.4, -0.2) is 24.4 Å². The van der Waals surface area contributed by atoms with Gasteiger partial charge in [0.15, 0.2) is 0 Å². The summed E-state index contributed by atoms with van der Waals surface area (Å²) in [6.45, 7) is 4.62. The molecule has 0 N–H and O–H groups in total. The van der Waals surface area contributed by atoms with E-state index in [4.69, 9.17) is 5.26 Å². The van der Waals surface area contributed by atoms with E-state index < -0.39 is 0 Å². The Hall–Kier alpha value is -1.34. The SMILES string of the molecule is CCc1cc(C(=O)N(C)CCC#N)sc1C. The number of carbonyl (C=O) groups is 1. The molecule has 1 aromatic heterocycles. The van der Waals surface area contributed by atoms with Crippen molar-refractivity contribution in [1.29, 1.82) is 5.26 Å². The van der Waals surface area contributed by atoms with Crippen LogP contribution in [0.4, 0.5) is 0 Å². The second-order valence-corrected chi connectivity index (χ2v) is 4.94. The van der Waals surface area contributed by atoms with Gasteiger partial charge >= 0.3 is 0 Å². The van der Waals surface area contributed by atoms with E-state index in [0.29, 0.717) is 13.0 Å². The molecule has 0 aliphatic carbocycles. The van der Waals surface area contributed by atoms with Gasteiger partial charge < -0.3 is 4.90 Å². The first-order valence-electron chi connectivity index (χ1n) is 5.31. The van der Waals surface area contributed by atoms with E-state index in [0.717, 1.165) is 11.3 Å². The minimum absolute atomic E-state index is 0.0167. The number of thiophene rings is 1. The lowest BCUT2D eigenvalue weighted by Gasteiger charge is -2.13. The summed E-state index contributed by atoms with van der Waals surface area (Å²) in [6.07, 6.45) is 1.34. The minimum atomic E-state index is 0.0167. The zero-order valence-electron chi connectivity index (χ0n) is 9.91. The van der Waals surface area contributed by atoms with Crippen molar-refractivity contribution in [3.05, 3.63) is 21.4 Å². The van der Waals surface area contributed by atoms with E-state index >= 15 is 0 Å². The molecule has 16 heavy (non-hydrogen) atoms. The number of aryl methyl sites for hydroxylation is 2. The van der Waals surface area contributed by atoms with Crippen molar-refractivity contribution in [3.8, 4) is 6.07 Å². The molecule has 0 fully saturated rings. The third-order valence-corrected chi connectivity index (χ3v) is 3.60. The van der Waals surface area contributed by atoms with Gasteiger partial charge in [-0.2, -0.15) is 5.26 Å². The van der Waals surface area contributed by atoms with Gasteiger partial charge in [-0.1, -0.05) is 6.92 Å². The number of amides is 1. The van der Waals surface area contributed by atoms with Crippen LogP contribution in [0.15, 0.2) is 6.07 Å². The number of carbonyl (C=O) groups excluding carboxylic acids is 1. The molecule has 0 spiro atoms. The average molecular weight is 236 g/mol. The number of nitrogens with zero attached hydrogens (tertiary/aromatic N) is 2. The van der Waals surface area contributed by atoms with E-state index in [-0.39, 0.29) is 5.91 Å². The van der Waals surface area contributed by atoms with Crippen LogP contribution in [0.25, 0.3) is 0 Å². The molecule has 0 saturated heterocycles. The van der Waals surface area contributed by atoms with Crippen LogP contribution in [-0.2, 0) is 6.42 Å². The molecule has 86 valence electrons. The second kappa shape index (κ2) is 5.66. The van der Waals surface area contributed by atoms with Crippen LogP contribution < -0.4 is 0 Å². The molecule has 0 bridgehead atoms. The fourth-order valence-electron chi connectivity index (χ4n) is 1.48. The molecular formula is C12H16N2OS. The summed E-state index contributed by atoms with van der Waals surface area (Å²) in [5.74, 6) is 0.0167. The van der Waals surface area contributed by atoms with Gasteiger partial charge in [-0.3, -0.25) is 4.79 Å². The van der Waals surface area contributed by atoms with E-state index in [9.17, 15) is 4.79 Å². The summed E-state index contributed by atoms with van der Waals surface area (Å²) >= 11 is 1.53. The van der Waals surface area contributed by atoms with E-state index in [1.165, 1.54) is 21.8 Å². The Labute approximate surface area is 100 Å². The van der Waals surface area contributed by atoms with Crippen LogP contribution in [0, 0.1) is 18.3 Å². The summed E-state index contributed by atoms with van der Waals surface area (Å²) in [6, 6.07) is 4.01. The Morgan fingerprint density at radius 1 is 1.62 bits per heavy atom. The average Bonchev–Trinajstić information content (AvgIpc) is 2.66. The molecule has 0 saturated carbocycles. The lowest BCUT2D eigenvalue weighted by Crippen LogP contribution is -2.26. The highest BCUT2D eigenvalue weighted by Crippen LogP contribution is 2.23. The quantitative estimate of drug-likeness (QED) is 0.806. The summed E-state index contributed by atoms with van der Waals surface area (Å²) in [5.41, 5.74) is 1.24. The minimum Gasteiger partial charge on any atom is -0.340 e. The van der Waals surface area contributed by atoms with Crippen molar-refractivity contribution >= 4 is 17.2 Å². The molecule has 0 radical (unpaired) electrons. The number of nitriles is 1. The number of rotatable bonds is 4. The molecule has 0 unspecified atom stereocenters. The van der Waals surface area contributed by atoms with E-state index in [2.05, 4.69) is 6.92 Å². The van der Waals surface area contributed by atoms with Gasteiger partial charge in [-0.15, -0.1) is 11.3 Å². The third kappa shape index (κ3) is 2.83. The Morgan fingerprint density at radius 2 is 2.31 bits per heavy atom. The number of hydrogen-bond acceptors (Lipinski definition) is 3. The van der Waals surface area contributed by atoms with Gasteiger partial charge in [-0.05, 0) is 25.0 Å². The second-order valence-electron chi connectivity index (χ2n) is 3.68. The van der Waals surface area contributed by atoms with Crippen LogP contribution in [0.1, 0.15) is 33.5 Å². The van der Waals surface area contributed by atoms with Gasteiger partial charge in [0, 0.05) is 18.5 Å². The maximum Gasteiger partial charge on any atom is 0.263 e. The highest BCUT2D eigenvalue weighted by Gasteiger charge is 2.15. The Morgan fingerprint density at radius 3 is 2.81 bits per heavy atom. The first kappa shape index (κ1) is 12.7. The van der Waals surface area contributed by atoms with E-state index in [1.807, 2.05) is 19.1 Å². The number of hydrogen-bond donors (Lipinski definition) is 0. The van der Waals surface area contributed by atoms with Crippen molar-refractivity contribution in [1.82, 2.24) is 4.90 Å². The van der Waals surface area contributed by atoms with Crippen molar-refractivity contribution < 1.29 is 4.79 Å². The molecule has 0 aliphatic rings. The maximum atomic E-state index is 12.0. The van der Waals surface area contributed by atoms with Crippen LogP contribution in [0.3, 0.4) is 0 Å². The van der Waals surface area contributed by atoms with Gasteiger partial charge in [0.05, 0.1) is 17.4 Å². The lowest BCUT2D eigenvalue weighted by molar-refractivity contribution is 0.0802. The van der Waals surface area contributed by atoms with Crippen molar-refractivity contribution in [3.63, 3.8) is 0 Å².